The first-order valence-electron chi connectivity index (χ1n) is 22.5. The number of aliphatic hydroxyl groups excluding tert-OH is 1. The number of fused-ring (bicyclic) bond motifs is 1. The lowest BCUT2D eigenvalue weighted by atomic mass is 9.34. The van der Waals surface area contributed by atoms with Crippen LogP contribution in [-0.2, 0) is 26.3 Å². The van der Waals surface area contributed by atoms with Crippen molar-refractivity contribution in [3.05, 3.63) is 70.3 Å². The van der Waals surface area contributed by atoms with Crippen LogP contribution < -0.4 is 11.1 Å². The van der Waals surface area contributed by atoms with Gasteiger partial charge in [0.15, 0.2) is 5.78 Å². The van der Waals surface area contributed by atoms with Crippen molar-refractivity contribution in [2.45, 2.75) is 161 Å². The van der Waals surface area contributed by atoms with E-state index in [0.717, 1.165) is 93.0 Å². The summed E-state index contributed by atoms with van der Waals surface area (Å²) in [5, 5.41) is 26.3. The maximum atomic E-state index is 15.3. The molecule has 0 amide bonds. The van der Waals surface area contributed by atoms with Gasteiger partial charge in [0.25, 0.3) is 0 Å². The summed E-state index contributed by atoms with van der Waals surface area (Å²) in [4.78, 5) is 30.0. The fraction of sp³-hybridized carbons (Fsp3) is 0.680. The number of nitrogens with two attached hydrogens (primary N) is 1. The van der Waals surface area contributed by atoms with E-state index in [1.165, 1.54) is 11.1 Å². The second kappa shape index (κ2) is 13.2. The van der Waals surface area contributed by atoms with Crippen molar-refractivity contribution in [3.63, 3.8) is 0 Å². The molecular formula is C50H68N2O5. The Kier molecular flexibility index (Phi) is 9.17. The molecule has 12 atom stereocenters. The maximum absolute atomic E-state index is 15.3. The van der Waals surface area contributed by atoms with Gasteiger partial charge in [-0.1, -0.05) is 71.2 Å². The van der Waals surface area contributed by atoms with Gasteiger partial charge in [-0.3, -0.25) is 9.59 Å². The summed E-state index contributed by atoms with van der Waals surface area (Å²) in [5.74, 6) is 2.12. The van der Waals surface area contributed by atoms with Gasteiger partial charge in [0.1, 0.15) is 17.6 Å². The molecule has 0 aromatic heterocycles. The molecule has 7 heteroatoms. The molecule has 2 aromatic rings. The van der Waals surface area contributed by atoms with Crippen molar-refractivity contribution in [3.8, 4) is 5.75 Å². The number of nitrogens with one attached hydrogen (secondary N) is 1. The second-order valence-corrected chi connectivity index (χ2v) is 21.5. The molecule has 57 heavy (non-hydrogen) atoms. The lowest BCUT2D eigenvalue weighted by molar-refractivity contribution is -0.191. The molecule has 1 heterocycles. The smallest absolute Gasteiger partial charge is 0.160 e. The van der Waals surface area contributed by atoms with Crippen LogP contribution in [0.3, 0.4) is 0 Å². The number of allylic oxidation sites excluding steroid dienone is 2. The Hall–Kier alpha value is -3.00. The number of hydrogen-bond donors (Lipinski definition) is 4. The molecule has 1 aliphatic heterocycles. The van der Waals surface area contributed by atoms with Crippen molar-refractivity contribution in [2.75, 3.05) is 12.8 Å². The van der Waals surface area contributed by atoms with Crippen LogP contribution in [0.25, 0.3) is 0 Å². The van der Waals surface area contributed by atoms with Crippen LogP contribution in [0.1, 0.15) is 148 Å². The standard InChI is InChI=1S/C50H68N2O5/c1-29(21-38(54)43-48(6,57-43)36-14-9-13-35(36)31-11-8-12-33(51)24-31)42-37-15-16-41-46(4)28-49(32-22-30(27-52-7)23-34(53)25-32)18-10-19-50(37,26-39(42)55)47(41,5)20-17-40(46)45(2,3)44(49)56/h8,11-12,22-25,29,35-36,38,40-41,43,52-54H,9-10,13-21,26-28,51H2,1-7H3. The molecule has 7 aliphatic rings. The quantitative estimate of drug-likeness (QED) is 0.148. The average Bonchev–Trinajstić information content (AvgIpc) is 3.44. The molecule has 5 N–H and O–H groups in total. The van der Waals surface area contributed by atoms with Crippen LogP contribution in [0.5, 0.6) is 5.75 Å². The number of carbonyl (C=O) groups is 2. The second-order valence-electron chi connectivity index (χ2n) is 21.5. The molecule has 1 spiro atoms. The van der Waals surface area contributed by atoms with Crippen LogP contribution in [0.2, 0.25) is 0 Å². The first-order valence-corrected chi connectivity index (χ1v) is 22.5. The molecular weight excluding hydrogens is 709 g/mol. The van der Waals surface area contributed by atoms with Gasteiger partial charge in [-0.25, -0.2) is 0 Å². The van der Waals surface area contributed by atoms with E-state index in [2.05, 4.69) is 65.1 Å². The minimum absolute atomic E-state index is 0.0627. The highest BCUT2D eigenvalue weighted by Crippen LogP contribution is 2.77. The third-order valence-electron chi connectivity index (χ3n) is 18.4. The lowest BCUT2D eigenvalue weighted by Crippen LogP contribution is -2.66. The van der Waals surface area contributed by atoms with Gasteiger partial charge in [0.2, 0.25) is 0 Å². The zero-order valence-electron chi connectivity index (χ0n) is 35.7. The highest BCUT2D eigenvalue weighted by molar-refractivity contribution is 6.01. The van der Waals surface area contributed by atoms with Crippen molar-refractivity contribution < 1.29 is 24.5 Å². The van der Waals surface area contributed by atoms with Gasteiger partial charge in [-0.2, -0.15) is 0 Å². The van der Waals surface area contributed by atoms with E-state index in [1.807, 2.05) is 31.3 Å². The number of ether oxygens (including phenoxy) is 1. The Morgan fingerprint density at radius 1 is 0.947 bits per heavy atom. The summed E-state index contributed by atoms with van der Waals surface area (Å²) in [7, 11) is 1.92. The van der Waals surface area contributed by atoms with Crippen molar-refractivity contribution in [1.82, 2.24) is 5.32 Å². The van der Waals surface area contributed by atoms with Gasteiger partial charge >= 0.3 is 0 Å². The predicted octanol–water partition coefficient (Wildman–Crippen LogP) is 9.33. The van der Waals surface area contributed by atoms with E-state index in [-0.39, 0.29) is 51.3 Å². The summed E-state index contributed by atoms with van der Waals surface area (Å²) in [6.45, 7) is 14.5. The SMILES string of the molecule is CNCc1cc(O)cc(C23CCCC45CC(=O)C(C(C)CC(O)C6OC6(C)C6CCCC6c6cccc(N)c6)=C4CCC4C(C)(C2)C(CCC45C)C(C)(C)C3=O)c1. The Bertz CT molecular complexity index is 2020. The van der Waals surface area contributed by atoms with E-state index in [1.54, 1.807) is 0 Å². The molecule has 9 rings (SSSR count). The third kappa shape index (κ3) is 5.52. The Balaban J connectivity index is 1.04. The maximum Gasteiger partial charge on any atom is 0.160 e. The summed E-state index contributed by atoms with van der Waals surface area (Å²) in [5.41, 5.74) is 10.6. The van der Waals surface area contributed by atoms with Gasteiger partial charge in [0.05, 0.1) is 17.1 Å². The molecule has 0 radical (unpaired) electrons. The topological polar surface area (TPSA) is 125 Å². The number of epoxide rings is 1. The van der Waals surface area contributed by atoms with E-state index in [9.17, 15) is 15.0 Å². The van der Waals surface area contributed by atoms with Gasteiger partial charge < -0.3 is 26.0 Å². The normalized spacial score (nSPS) is 41.6. The number of anilines is 1. The number of ketones is 2. The highest BCUT2D eigenvalue weighted by Gasteiger charge is 2.73. The van der Waals surface area contributed by atoms with Crippen molar-refractivity contribution in [2.24, 2.45) is 45.3 Å². The molecule has 5 saturated carbocycles. The number of phenols is 1. The van der Waals surface area contributed by atoms with E-state index in [4.69, 9.17) is 10.5 Å². The van der Waals surface area contributed by atoms with Crippen molar-refractivity contribution in [1.29, 1.82) is 0 Å². The Morgan fingerprint density at radius 3 is 2.49 bits per heavy atom. The molecule has 6 aliphatic carbocycles. The number of aromatic hydroxyl groups is 1. The fourth-order valence-electron chi connectivity index (χ4n) is 16.3. The van der Waals surface area contributed by atoms with E-state index in [0.29, 0.717) is 42.9 Å². The number of rotatable bonds is 9. The zero-order valence-corrected chi connectivity index (χ0v) is 35.7. The first-order chi connectivity index (χ1) is 26.9. The first kappa shape index (κ1) is 39.5. The number of aliphatic hydroxyl groups is 1. The summed E-state index contributed by atoms with van der Waals surface area (Å²) < 4.78 is 6.52. The minimum atomic E-state index is -0.697. The van der Waals surface area contributed by atoms with Crippen molar-refractivity contribution >= 4 is 17.3 Å². The molecule has 308 valence electrons. The monoisotopic (exact) mass is 777 g/mol. The molecule has 12 unspecified atom stereocenters. The third-order valence-corrected chi connectivity index (χ3v) is 18.4. The van der Waals surface area contributed by atoms with Crippen LogP contribution in [0.4, 0.5) is 5.69 Å². The fourth-order valence-corrected chi connectivity index (χ4v) is 16.3. The minimum Gasteiger partial charge on any atom is -0.508 e. The number of benzene rings is 2. The van der Waals surface area contributed by atoms with E-state index >= 15 is 4.79 Å². The van der Waals surface area contributed by atoms with Crippen LogP contribution in [0, 0.1) is 45.3 Å². The summed E-state index contributed by atoms with van der Waals surface area (Å²) >= 11 is 0. The summed E-state index contributed by atoms with van der Waals surface area (Å²) in [6, 6.07) is 14.2. The van der Waals surface area contributed by atoms with Crippen LogP contribution in [-0.4, -0.2) is 46.6 Å². The van der Waals surface area contributed by atoms with Gasteiger partial charge in [0, 0.05) is 29.5 Å². The van der Waals surface area contributed by atoms with Gasteiger partial charge in [-0.05, 0) is 165 Å². The number of carbonyl (C=O) groups excluding carboxylic acids is 2. The Labute approximate surface area is 341 Å². The number of nitrogen functional groups attached to an aromatic ring is 1. The number of hydrogen-bond acceptors (Lipinski definition) is 7. The lowest BCUT2D eigenvalue weighted by Gasteiger charge is -2.69. The number of phenolic OH excluding ortho intramolecular Hbond substituents is 1. The molecule has 2 aromatic carbocycles. The van der Waals surface area contributed by atoms with Crippen LogP contribution in [0.15, 0.2) is 53.6 Å². The molecule has 7 nitrogen and oxygen atoms in total. The van der Waals surface area contributed by atoms with E-state index < -0.39 is 16.9 Å². The largest absolute Gasteiger partial charge is 0.508 e. The Morgan fingerprint density at radius 2 is 1.74 bits per heavy atom. The zero-order chi connectivity index (χ0) is 40.5. The molecule has 6 fully saturated rings. The summed E-state index contributed by atoms with van der Waals surface area (Å²) in [6.07, 6.45) is 10.8. The molecule has 1 saturated heterocycles. The average molecular weight is 777 g/mol. The highest BCUT2D eigenvalue weighted by atomic mass is 16.6. The predicted molar refractivity (Wildman–Crippen MR) is 225 cm³/mol. The molecule has 5 bridgehead atoms. The number of Topliss-reactive ketones (excluding diaryl/α,β-unsaturated/α-hetero) is 2. The van der Waals surface area contributed by atoms with Crippen LogP contribution >= 0.6 is 0 Å². The van der Waals surface area contributed by atoms with Gasteiger partial charge in [-0.15, -0.1) is 0 Å².